The third-order valence-corrected chi connectivity index (χ3v) is 10.0. The summed E-state index contributed by atoms with van der Waals surface area (Å²) in [5.41, 5.74) is 3.49. The van der Waals surface area contributed by atoms with Gasteiger partial charge in [0.05, 0.1) is 35.3 Å². The first-order chi connectivity index (χ1) is 25.7. The van der Waals surface area contributed by atoms with E-state index in [2.05, 4.69) is 32.8 Å². The normalized spacial score (nSPS) is 18.7. The Labute approximate surface area is 305 Å². The molecule has 2 fully saturated rings. The third-order valence-electron chi connectivity index (χ3n) is 10.0. The molecular formula is C39H41N7O7. The number of fused-ring (bicyclic) bond motifs is 2. The number of nitrogens with one attached hydrogen (secondary N) is 4. The van der Waals surface area contributed by atoms with Gasteiger partial charge in [0.1, 0.15) is 17.6 Å². The van der Waals surface area contributed by atoms with E-state index in [-0.39, 0.29) is 48.1 Å². The maximum Gasteiger partial charge on any atom is 0.266 e. The molecule has 3 aliphatic heterocycles. The van der Waals surface area contributed by atoms with E-state index in [1.807, 2.05) is 18.2 Å². The molecule has 0 radical (unpaired) electrons. The van der Waals surface area contributed by atoms with Crippen molar-refractivity contribution in [2.75, 3.05) is 25.0 Å². The number of hydrogen-bond donors (Lipinski definition) is 4. The number of amides is 6. The number of hydrogen-bond acceptors (Lipinski definition) is 9. The Morgan fingerprint density at radius 1 is 0.925 bits per heavy atom. The van der Waals surface area contributed by atoms with E-state index in [9.17, 15) is 28.8 Å². The van der Waals surface area contributed by atoms with Crippen molar-refractivity contribution in [2.24, 2.45) is 0 Å². The van der Waals surface area contributed by atoms with Crippen LogP contribution >= 0.6 is 0 Å². The minimum atomic E-state index is -1.04. The molecule has 4 aromatic rings. The van der Waals surface area contributed by atoms with Gasteiger partial charge in [-0.3, -0.25) is 43.9 Å². The molecule has 274 valence electrons. The van der Waals surface area contributed by atoms with Crippen molar-refractivity contribution in [3.05, 3.63) is 88.7 Å². The minimum absolute atomic E-state index is 0.0455. The fourth-order valence-corrected chi connectivity index (χ4v) is 7.11. The largest absolute Gasteiger partial charge is 0.493 e. The van der Waals surface area contributed by atoms with E-state index in [0.29, 0.717) is 42.2 Å². The molecule has 0 saturated carbocycles. The number of rotatable bonds is 13. The van der Waals surface area contributed by atoms with Gasteiger partial charge in [0.15, 0.2) is 0 Å². The van der Waals surface area contributed by atoms with Gasteiger partial charge in [0, 0.05) is 35.8 Å². The number of nitrogens with zero attached hydrogens (tertiary/aromatic N) is 3. The number of ether oxygens (including phenoxy) is 1. The highest BCUT2D eigenvalue weighted by atomic mass is 16.5. The molecule has 1 unspecified atom stereocenters. The van der Waals surface area contributed by atoms with Crippen LogP contribution < -0.4 is 20.7 Å². The number of likely N-dealkylation sites (tertiary alicyclic amines) is 1. The molecule has 6 amide bonds. The van der Waals surface area contributed by atoms with Crippen LogP contribution in [0.2, 0.25) is 0 Å². The van der Waals surface area contributed by atoms with E-state index in [0.717, 1.165) is 41.3 Å². The Balaban J connectivity index is 0.832. The number of carbonyl (C=O) groups excluding carboxylic acids is 6. The zero-order chi connectivity index (χ0) is 37.1. The Bertz CT molecular complexity index is 2090. The monoisotopic (exact) mass is 719 g/mol. The van der Waals surface area contributed by atoms with Crippen molar-refractivity contribution in [3.8, 4) is 5.75 Å². The van der Waals surface area contributed by atoms with Gasteiger partial charge in [0.25, 0.3) is 23.6 Å². The quantitative estimate of drug-likeness (QED) is 0.116. The number of H-pyrrole nitrogens is 1. The highest BCUT2D eigenvalue weighted by Gasteiger charge is 2.46. The van der Waals surface area contributed by atoms with Crippen molar-refractivity contribution >= 4 is 52.2 Å². The smallest absolute Gasteiger partial charge is 0.266 e. The van der Waals surface area contributed by atoms with Gasteiger partial charge in [-0.25, -0.2) is 4.98 Å². The summed E-state index contributed by atoms with van der Waals surface area (Å²) in [7, 11) is 0. The molecule has 4 heterocycles. The number of imidazole rings is 1. The number of aromatic nitrogens is 2. The first-order valence-corrected chi connectivity index (χ1v) is 18.1. The maximum atomic E-state index is 13.2. The van der Waals surface area contributed by atoms with Crippen molar-refractivity contribution in [2.45, 2.75) is 70.5 Å². The van der Waals surface area contributed by atoms with Crippen LogP contribution in [0.5, 0.6) is 5.75 Å². The van der Waals surface area contributed by atoms with E-state index in [1.54, 1.807) is 36.4 Å². The standard InChI is InChI=1S/C39H41N7O7/c1-23-7-6-19-45(23)22-32-42-28-15-14-26(21-29(28)43-32)41-36(49)25-12-10-24(11-13-25)35(48)40-18-3-2-4-20-53-31-9-5-8-27-34(31)39(52)46(38(27)51)30-16-17-33(47)44-37(30)50/h5,8-15,21,23,30H,2-4,6-7,16-20,22H2,1H3,(H,40,48)(H,41,49)(H,42,43)(H,44,47,50)/t23-,30?/m0/s1. The highest BCUT2D eigenvalue weighted by molar-refractivity contribution is 6.24. The van der Waals surface area contributed by atoms with Crippen LogP contribution in [0.3, 0.4) is 0 Å². The zero-order valence-corrected chi connectivity index (χ0v) is 29.4. The lowest BCUT2D eigenvalue weighted by molar-refractivity contribution is -0.136. The van der Waals surface area contributed by atoms with Crippen LogP contribution in [0.15, 0.2) is 60.7 Å². The van der Waals surface area contributed by atoms with Crippen LogP contribution in [-0.4, -0.2) is 87.0 Å². The molecular weight excluding hydrogens is 678 g/mol. The maximum absolute atomic E-state index is 13.2. The first-order valence-electron chi connectivity index (χ1n) is 18.1. The molecule has 1 aromatic heterocycles. The number of imide groups is 2. The topological polar surface area (TPSA) is 183 Å². The lowest BCUT2D eigenvalue weighted by Crippen LogP contribution is -2.54. The molecule has 14 nitrogen and oxygen atoms in total. The fraction of sp³-hybridized carbons (Fsp3) is 0.359. The predicted octanol–water partition coefficient (Wildman–Crippen LogP) is 4.18. The van der Waals surface area contributed by atoms with Gasteiger partial charge >= 0.3 is 0 Å². The van der Waals surface area contributed by atoms with Gasteiger partial charge in [-0.2, -0.15) is 0 Å². The van der Waals surface area contributed by atoms with Crippen LogP contribution in [-0.2, 0) is 16.1 Å². The summed E-state index contributed by atoms with van der Waals surface area (Å²) in [5.74, 6) is -1.66. The lowest BCUT2D eigenvalue weighted by Gasteiger charge is -2.27. The highest BCUT2D eigenvalue weighted by Crippen LogP contribution is 2.34. The second-order valence-electron chi connectivity index (χ2n) is 13.7. The third kappa shape index (κ3) is 7.68. The molecule has 7 rings (SSSR count). The number of aromatic amines is 1. The molecule has 2 atom stereocenters. The van der Waals surface area contributed by atoms with E-state index < -0.39 is 29.7 Å². The molecule has 3 aromatic carbocycles. The minimum Gasteiger partial charge on any atom is -0.493 e. The SMILES string of the molecule is C[C@H]1CCCN1Cc1nc2ccc(NC(=O)c3ccc(C(=O)NCCCCCOc4cccc5c4C(=O)N(C4CCC(=O)NC4=O)C5=O)cc3)cc2[nH]1. The number of carbonyl (C=O) groups is 6. The molecule has 0 bridgehead atoms. The number of anilines is 1. The molecule has 14 heteroatoms. The Kier molecular flexibility index (Phi) is 10.3. The summed E-state index contributed by atoms with van der Waals surface area (Å²) >= 11 is 0. The van der Waals surface area contributed by atoms with E-state index in [1.165, 1.54) is 18.9 Å². The van der Waals surface area contributed by atoms with E-state index >= 15 is 0 Å². The van der Waals surface area contributed by atoms with Crippen LogP contribution in [0.25, 0.3) is 11.0 Å². The molecule has 3 aliphatic rings. The summed E-state index contributed by atoms with van der Waals surface area (Å²) in [5, 5.41) is 8.01. The average Bonchev–Trinajstić information content (AvgIpc) is 3.82. The molecule has 0 spiro atoms. The summed E-state index contributed by atoms with van der Waals surface area (Å²) in [6.45, 7) is 4.80. The van der Waals surface area contributed by atoms with Crippen molar-refractivity contribution in [3.63, 3.8) is 0 Å². The van der Waals surface area contributed by atoms with Crippen LogP contribution in [0.1, 0.15) is 99.1 Å². The van der Waals surface area contributed by atoms with Crippen molar-refractivity contribution < 1.29 is 33.5 Å². The summed E-state index contributed by atoms with van der Waals surface area (Å²) < 4.78 is 5.88. The Morgan fingerprint density at radius 3 is 2.47 bits per heavy atom. The molecule has 0 aliphatic carbocycles. The fourth-order valence-electron chi connectivity index (χ4n) is 7.11. The van der Waals surface area contributed by atoms with Gasteiger partial charge in [-0.15, -0.1) is 0 Å². The van der Waals surface area contributed by atoms with Crippen molar-refractivity contribution in [1.29, 1.82) is 0 Å². The summed E-state index contributed by atoms with van der Waals surface area (Å²) in [4.78, 5) is 87.3. The number of benzene rings is 3. The Hall–Kier alpha value is -5.89. The lowest BCUT2D eigenvalue weighted by atomic mass is 10.0. The first kappa shape index (κ1) is 35.5. The molecule has 53 heavy (non-hydrogen) atoms. The van der Waals surface area contributed by atoms with Crippen LogP contribution in [0, 0.1) is 0 Å². The van der Waals surface area contributed by atoms with E-state index in [4.69, 9.17) is 9.72 Å². The molecule has 2 saturated heterocycles. The van der Waals surface area contributed by atoms with Crippen LogP contribution in [0.4, 0.5) is 5.69 Å². The van der Waals surface area contributed by atoms with Crippen molar-refractivity contribution in [1.82, 2.24) is 30.4 Å². The summed E-state index contributed by atoms with van der Waals surface area (Å²) in [6.07, 6.45) is 4.58. The average molecular weight is 720 g/mol. The van der Waals surface area contributed by atoms with Gasteiger partial charge < -0.3 is 20.4 Å². The second-order valence-corrected chi connectivity index (χ2v) is 13.7. The number of unbranched alkanes of at least 4 members (excludes halogenated alkanes) is 2. The van der Waals surface area contributed by atoms with Gasteiger partial charge in [-0.1, -0.05) is 6.07 Å². The Morgan fingerprint density at radius 2 is 1.72 bits per heavy atom. The molecule has 4 N–H and O–H groups in total. The summed E-state index contributed by atoms with van der Waals surface area (Å²) in [6, 6.07) is 16.3. The second kappa shape index (κ2) is 15.4. The number of piperidine rings is 1. The van der Waals surface area contributed by atoms with Gasteiger partial charge in [0.2, 0.25) is 11.8 Å². The van der Waals surface area contributed by atoms with Gasteiger partial charge in [-0.05, 0) is 107 Å². The predicted molar refractivity (Wildman–Crippen MR) is 194 cm³/mol. The zero-order valence-electron chi connectivity index (χ0n) is 29.4.